The zero-order chi connectivity index (χ0) is 12.6. The van der Waals surface area contributed by atoms with E-state index >= 15 is 0 Å². The molecule has 0 aromatic heterocycles. The van der Waals surface area contributed by atoms with Gasteiger partial charge in [-0.1, -0.05) is 18.1 Å². The molecule has 0 heterocycles. The van der Waals surface area contributed by atoms with Crippen LogP contribution in [-0.4, -0.2) is 26.6 Å². The van der Waals surface area contributed by atoms with E-state index in [-0.39, 0.29) is 40.6 Å². The van der Waals surface area contributed by atoms with E-state index in [1.807, 2.05) is 0 Å². The zero-order valence-electron chi connectivity index (χ0n) is 10.9. The van der Waals surface area contributed by atoms with Crippen LogP contribution in [0.15, 0.2) is 0 Å². The van der Waals surface area contributed by atoms with Crippen LogP contribution in [0.25, 0.3) is 0 Å². The van der Waals surface area contributed by atoms with E-state index in [4.69, 9.17) is 0 Å². The van der Waals surface area contributed by atoms with Gasteiger partial charge >= 0.3 is 64.3 Å². The summed E-state index contributed by atoms with van der Waals surface area (Å²) in [6.07, 6.45) is 0. The summed E-state index contributed by atoms with van der Waals surface area (Å²) in [5.41, 5.74) is 0. The standard InChI is InChI=1S/C2B2F4O8.2Li.2H/c5-13-3(14-6)11-1(9)2(10)12-4(15-7)16-8;;;;/q;2*+1;2*-1. The molecule has 0 amide bonds. The first-order valence-electron chi connectivity index (χ1n) is 3.10. The molecule has 0 aliphatic heterocycles. The fraction of sp³-hybridized carbons (Fsp3) is 0. The molecule has 8 nitrogen and oxygen atoms in total. The van der Waals surface area contributed by atoms with E-state index < -0.39 is 26.6 Å². The fourth-order valence-corrected chi connectivity index (χ4v) is 0.371. The minimum Gasteiger partial charge on any atom is -1.00 e. The largest absolute Gasteiger partial charge is 1.00 e. The summed E-state index contributed by atoms with van der Waals surface area (Å²) in [4.78, 5) is 31.1. The van der Waals surface area contributed by atoms with Crippen LogP contribution in [0.3, 0.4) is 0 Å². The molecule has 0 rings (SSSR count). The van der Waals surface area contributed by atoms with Crippen molar-refractivity contribution in [3.05, 3.63) is 0 Å². The molecule has 0 bridgehead atoms. The van der Waals surface area contributed by atoms with Gasteiger partial charge in [0, 0.05) is 0 Å². The number of hydrogen-bond acceptors (Lipinski definition) is 8. The van der Waals surface area contributed by atoms with Gasteiger partial charge in [-0.05, 0) is 0 Å². The number of hydrogen-bond donors (Lipinski definition) is 0. The van der Waals surface area contributed by atoms with Crippen molar-refractivity contribution < 1.29 is 97.0 Å². The third-order valence-corrected chi connectivity index (χ3v) is 0.864. The van der Waals surface area contributed by atoms with Gasteiger partial charge in [-0.15, -0.1) is 0 Å². The SMILES string of the molecule is O=C(OB(OF)OF)C(=O)OB(OF)OF.[H-].[H-].[Li+].[Li+]. The summed E-state index contributed by atoms with van der Waals surface area (Å²) in [5.74, 6) is -4.20. The van der Waals surface area contributed by atoms with E-state index in [2.05, 4.69) is 28.7 Å². The van der Waals surface area contributed by atoms with E-state index in [1.165, 1.54) is 0 Å². The number of rotatable bonds is 6. The van der Waals surface area contributed by atoms with E-state index in [0.717, 1.165) is 0 Å². The first-order valence-corrected chi connectivity index (χ1v) is 3.10. The number of carbonyl (C=O) groups excluding carboxylic acids is 2. The van der Waals surface area contributed by atoms with Crippen molar-refractivity contribution in [3.8, 4) is 0 Å². The first-order chi connectivity index (χ1) is 7.58. The maximum absolute atomic E-state index is 11.2. The molecule has 0 fully saturated rings. The Bertz CT molecular complexity index is 227. The minimum absolute atomic E-state index is 0. The van der Waals surface area contributed by atoms with Crippen molar-refractivity contribution in [2.75, 3.05) is 0 Å². The van der Waals surface area contributed by atoms with Crippen LogP contribution in [0.1, 0.15) is 2.85 Å². The minimum atomic E-state index is -2.80. The molecule has 18 heavy (non-hydrogen) atoms. The van der Waals surface area contributed by atoms with Gasteiger partial charge in [0.1, 0.15) is 0 Å². The van der Waals surface area contributed by atoms with Crippen molar-refractivity contribution in [3.63, 3.8) is 0 Å². The van der Waals surface area contributed by atoms with E-state index in [0.29, 0.717) is 0 Å². The second-order valence-corrected chi connectivity index (χ2v) is 1.74. The summed E-state index contributed by atoms with van der Waals surface area (Å²) >= 11 is 0. The Morgan fingerprint density at radius 2 is 0.944 bits per heavy atom. The van der Waals surface area contributed by atoms with Crippen molar-refractivity contribution >= 4 is 26.6 Å². The summed E-state index contributed by atoms with van der Waals surface area (Å²) in [5, 5.41) is 0. The summed E-state index contributed by atoms with van der Waals surface area (Å²) < 4.78 is 51.7. The van der Waals surface area contributed by atoms with Crippen LogP contribution in [-0.2, 0) is 38.3 Å². The van der Waals surface area contributed by atoms with E-state index in [1.54, 1.807) is 0 Å². The Morgan fingerprint density at radius 3 is 1.11 bits per heavy atom. The second kappa shape index (κ2) is 13.3. The third kappa shape index (κ3) is 8.85. The van der Waals surface area contributed by atoms with Gasteiger partial charge in [-0.2, -0.15) is 19.4 Å². The smallest absolute Gasteiger partial charge is 1.00 e. The fourth-order valence-electron chi connectivity index (χ4n) is 0.371. The first kappa shape index (κ1) is 23.0. The molecule has 0 radical (unpaired) electrons. The summed E-state index contributed by atoms with van der Waals surface area (Å²) in [6, 6.07) is 0. The van der Waals surface area contributed by atoms with Crippen molar-refractivity contribution in [2.45, 2.75) is 0 Å². The van der Waals surface area contributed by atoms with E-state index in [9.17, 15) is 27.7 Å². The number of halogens is 4. The van der Waals surface area contributed by atoms with Crippen LogP contribution < -0.4 is 37.7 Å². The van der Waals surface area contributed by atoms with Gasteiger partial charge < -0.3 is 12.2 Å². The Morgan fingerprint density at radius 1 is 0.722 bits per heavy atom. The maximum atomic E-state index is 11.2. The summed E-state index contributed by atoms with van der Waals surface area (Å²) in [6.45, 7) is 0. The second-order valence-electron chi connectivity index (χ2n) is 1.74. The molecular formula is C2H2B2F4Li2O8. The molecule has 0 aliphatic carbocycles. The Balaban J connectivity index is -0.000000187. The van der Waals surface area contributed by atoms with Crippen molar-refractivity contribution in [1.82, 2.24) is 0 Å². The maximum Gasteiger partial charge on any atom is 1.00 e. The van der Waals surface area contributed by atoms with Crippen LogP contribution in [0.5, 0.6) is 0 Å². The quantitative estimate of drug-likeness (QED) is 0.266. The normalized spacial score (nSPS) is 8.44. The monoisotopic (exact) mass is 266 g/mol. The van der Waals surface area contributed by atoms with Crippen LogP contribution >= 0.6 is 0 Å². The van der Waals surface area contributed by atoms with Crippen molar-refractivity contribution in [1.29, 1.82) is 0 Å². The molecule has 0 unspecified atom stereocenters. The predicted octanol–water partition coefficient (Wildman–Crippen LogP) is -6.12. The van der Waals surface area contributed by atoms with Crippen LogP contribution in [0.2, 0.25) is 0 Å². The molecule has 0 aliphatic rings. The van der Waals surface area contributed by atoms with Gasteiger partial charge in [0.15, 0.2) is 0 Å². The topological polar surface area (TPSA) is 89.5 Å². The molecule has 0 spiro atoms. The third-order valence-electron chi connectivity index (χ3n) is 0.864. The van der Waals surface area contributed by atoms with Gasteiger partial charge in [-0.3, -0.25) is 0 Å². The molecule has 0 aromatic rings. The van der Waals surface area contributed by atoms with Gasteiger partial charge in [0.05, 0.1) is 0 Å². The average molecular weight is 266 g/mol. The molecular weight excluding hydrogens is 264 g/mol. The average Bonchev–Trinajstić information content (AvgIpc) is 2.32. The van der Waals surface area contributed by atoms with Crippen LogP contribution in [0, 0.1) is 0 Å². The van der Waals surface area contributed by atoms with Crippen LogP contribution in [0.4, 0.5) is 18.1 Å². The molecule has 0 N–H and O–H groups in total. The molecule has 0 saturated heterocycles. The Hall–Kier alpha value is -0.175. The molecule has 0 atom stereocenters. The molecule has 16 heteroatoms. The molecule has 0 aromatic carbocycles. The Kier molecular flexibility index (Phi) is 16.9. The molecule has 0 saturated carbocycles. The van der Waals surface area contributed by atoms with Crippen molar-refractivity contribution in [2.24, 2.45) is 0 Å². The van der Waals surface area contributed by atoms with Gasteiger partial charge in [-0.25, -0.2) is 9.59 Å². The summed E-state index contributed by atoms with van der Waals surface area (Å²) in [7, 11) is -5.59. The zero-order valence-corrected chi connectivity index (χ0v) is 8.93. The molecule has 94 valence electrons. The Labute approximate surface area is 124 Å². The van der Waals surface area contributed by atoms with Gasteiger partial charge in [0.2, 0.25) is 0 Å². The predicted molar refractivity (Wildman–Crippen MR) is 34.7 cm³/mol. The van der Waals surface area contributed by atoms with Gasteiger partial charge in [0.25, 0.3) is 0 Å². The number of carbonyl (C=O) groups is 2.